The zero-order chi connectivity index (χ0) is 18.4. The topological polar surface area (TPSA) is 55.8 Å². The van der Waals surface area contributed by atoms with Crippen LogP contribution in [0.15, 0.2) is 54.6 Å². The molecule has 1 heterocycles. The highest BCUT2D eigenvalue weighted by Gasteiger charge is 2.30. The number of carbonyl (C=O) groups excluding carboxylic acids is 2. The predicted molar refractivity (Wildman–Crippen MR) is 96.0 cm³/mol. The molecule has 1 atom stereocenters. The standard InChI is InChI=1S/C21H19NO4/c1-25-20(23)12-11-19-18-10-6-5-9-17(18)13-14-22(19)21(24)26-15-16-7-3-2-4-8-16/h2-10,19H,13-15H2,1H3. The van der Waals surface area contributed by atoms with Gasteiger partial charge in [-0.2, -0.15) is 0 Å². The van der Waals surface area contributed by atoms with Crippen LogP contribution in [0.3, 0.4) is 0 Å². The van der Waals surface area contributed by atoms with Crippen molar-refractivity contribution in [1.82, 2.24) is 4.90 Å². The number of hydrogen-bond acceptors (Lipinski definition) is 4. The predicted octanol–water partition coefficient (Wildman–Crippen LogP) is 3.10. The molecule has 5 heteroatoms. The molecule has 0 bridgehead atoms. The summed E-state index contributed by atoms with van der Waals surface area (Å²) in [5.41, 5.74) is 2.94. The Bertz CT molecular complexity index is 851. The minimum Gasteiger partial charge on any atom is -0.459 e. The van der Waals surface area contributed by atoms with Crippen LogP contribution in [0.2, 0.25) is 0 Å². The number of esters is 1. The Morgan fingerprint density at radius 2 is 1.85 bits per heavy atom. The average molecular weight is 349 g/mol. The van der Waals surface area contributed by atoms with Gasteiger partial charge in [0.15, 0.2) is 0 Å². The summed E-state index contributed by atoms with van der Waals surface area (Å²) in [5, 5.41) is 0. The van der Waals surface area contributed by atoms with E-state index in [1.807, 2.05) is 54.6 Å². The summed E-state index contributed by atoms with van der Waals surface area (Å²) in [6, 6.07) is 16.7. The second kappa shape index (κ2) is 8.21. The first-order chi connectivity index (χ1) is 12.7. The van der Waals surface area contributed by atoms with Crippen molar-refractivity contribution in [1.29, 1.82) is 0 Å². The summed E-state index contributed by atoms with van der Waals surface area (Å²) in [5.74, 6) is 4.67. The third kappa shape index (κ3) is 4.04. The van der Waals surface area contributed by atoms with Crippen molar-refractivity contribution in [3.05, 3.63) is 71.3 Å². The molecule has 0 saturated carbocycles. The van der Waals surface area contributed by atoms with Crippen LogP contribution in [0.4, 0.5) is 4.79 Å². The Morgan fingerprint density at radius 1 is 1.12 bits per heavy atom. The van der Waals surface area contributed by atoms with E-state index in [1.165, 1.54) is 7.11 Å². The van der Waals surface area contributed by atoms with Crippen LogP contribution in [0.5, 0.6) is 0 Å². The fraction of sp³-hybridized carbons (Fsp3) is 0.238. The van der Waals surface area contributed by atoms with Crippen molar-refractivity contribution in [2.45, 2.75) is 19.1 Å². The summed E-state index contributed by atoms with van der Waals surface area (Å²) < 4.78 is 10.0. The lowest BCUT2D eigenvalue weighted by molar-refractivity contribution is -0.133. The molecule has 0 aromatic heterocycles. The lowest BCUT2D eigenvalue weighted by atomic mass is 9.93. The number of methoxy groups -OCH3 is 1. The van der Waals surface area contributed by atoms with E-state index in [4.69, 9.17) is 4.74 Å². The van der Waals surface area contributed by atoms with Gasteiger partial charge in [0.2, 0.25) is 0 Å². The van der Waals surface area contributed by atoms with E-state index in [9.17, 15) is 9.59 Å². The fourth-order valence-electron chi connectivity index (χ4n) is 2.90. The Morgan fingerprint density at radius 3 is 2.62 bits per heavy atom. The van der Waals surface area contributed by atoms with Crippen LogP contribution >= 0.6 is 0 Å². The van der Waals surface area contributed by atoms with Gasteiger partial charge in [-0.15, -0.1) is 0 Å². The molecular weight excluding hydrogens is 330 g/mol. The summed E-state index contributed by atoms with van der Waals surface area (Å²) in [4.78, 5) is 25.6. The molecule has 132 valence electrons. The van der Waals surface area contributed by atoms with Gasteiger partial charge < -0.3 is 9.47 Å². The maximum Gasteiger partial charge on any atom is 0.411 e. The van der Waals surface area contributed by atoms with E-state index in [1.54, 1.807) is 4.90 Å². The second-order valence-electron chi connectivity index (χ2n) is 5.85. The Kier molecular flexibility index (Phi) is 5.55. The van der Waals surface area contributed by atoms with E-state index >= 15 is 0 Å². The van der Waals surface area contributed by atoms with E-state index in [-0.39, 0.29) is 6.61 Å². The summed E-state index contributed by atoms with van der Waals surface area (Å²) in [6.07, 6.45) is 0.264. The lowest BCUT2D eigenvalue weighted by Crippen LogP contribution is -2.39. The maximum atomic E-state index is 12.6. The Hall–Kier alpha value is -3.26. The molecule has 1 aliphatic heterocycles. The molecule has 2 aromatic rings. The van der Waals surface area contributed by atoms with Crippen LogP contribution in [0, 0.1) is 11.8 Å². The van der Waals surface area contributed by atoms with Crippen molar-refractivity contribution >= 4 is 12.1 Å². The highest BCUT2D eigenvalue weighted by molar-refractivity contribution is 5.88. The summed E-state index contributed by atoms with van der Waals surface area (Å²) >= 11 is 0. The number of amides is 1. The van der Waals surface area contributed by atoms with Crippen LogP contribution in [-0.4, -0.2) is 30.6 Å². The minimum absolute atomic E-state index is 0.189. The monoisotopic (exact) mass is 349 g/mol. The van der Waals surface area contributed by atoms with Crippen molar-refractivity contribution in [3.63, 3.8) is 0 Å². The van der Waals surface area contributed by atoms with Gasteiger partial charge in [0.05, 0.1) is 7.11 Å². The molecule has 0 radical (unpaired) electrons. The van der Waals surface area contributed by atoms with Crippen molar-refractivity contribution in [2.24, 2.45) is 0 Å². The highest BCUT2D eigenvalue weighted by atomic mass is 16.6. The van der Waals surface area contributed by atoms with Gasteiger partial charge in [0.1, 0.15) is 12.6 Å². The van der Waals surface area contributed by atoms with Gasteiger partial charge in [-0.3, -0.25) is 4.90 Å². The average Bonchev–Trinajstić information content (AvgIpc) is 2.70. The molecule has 0 saturated heterocycles. The van der Waals surface area contributed by atoms with Crippen molar-refractivity contribution in [3.8, 4) is 11.8 Å². The number of nitrogens with zero attached hydrogens (tertiary/aromatic N) is 1. The molecule has 3 rings (SSSR count). The first-order valence-electron chi connectivity index (χ1n) is 8.33. The Labute approximate surface area is 152 Å². The van der Waals surface area contributed by atoms with Gasteiger partial charge in [-0.1, -0.05) is 60.5 Å². The molecule has 1 amide bonds. The molecule has 26 heavy (non-hydrogen) atoms. The van der Waals surface area contributed by atoms with Gasteiger partial charge in [0.25, 0.3) is 0 Å². The third-order valence-corrected chi connectivity index (χ3v) is 4.22. The summed E-state index contributed by atoms with van der Waals surface area (Å²) in [7, 11) is 1.28. The van der Waals surface area contributed by atoms with Gasteiger partial charge in [-0.25, -0.2) is 9.59 Å². The number of fused-ring (bicyclic) bond motifs is 1. The molecule has 2 aromatic carbocycles. The summed E-state index contributed by atoms with van der Waals surface area (Å²) in [6.45, 7) is 0.667. The fourth-order valence-corrected chi connectivity index (χ4v) is 2.90. The third-order valence-electron chi connectivity index (χ3n) is 4.22. The SMILES string of the molecule is COC(=O)C#CC1c2ccccc2CCN1C(=O)OCc1ccccc1. The van der Waals surface area contributed by atoms with Crippen LogP contribution < -0.4 is 0 Å². The lowest BCUT2D eigenvalue weighted by Gasteiger charge is -2.33. The highest BCUT2D eigenvalue weighted by Crippen LogP contribution is 2.29. The van der Waals surface area contributed by atoms with Gasteiger partial charge in [-0.05, 0) is 23.1 Å². The molecular formula is C21H19NO4. The number of ether oxygens (including phenoxy) is 2. The van der Waals surface area contributed by atoms with E-state index < -0.39 is 18.1 Å². The molecule has 0 fully saturated rings. The minimum atomic E-state index is -0.634. The number of hydrogen-bond donors (Lipinski definition) is 0. The van der Waals surface area contributed by atoms with E-state index in [0.29, 0.717) is 13.0 Å². The largest absolute Gasteiger partial charge is 0.459 e. The second-order valence-corrected chi connectivity index (χ2v) is 5.85. The first kappa shape index (κ1) is 17.6. The molecule has 5 nitrogen and oxygen atoms in total. The first-order valence-corrected chi connectivity index (χ1v) is 8.33. The van der Waals surface area contributed by atoms with Crippen LogP contribution in [0.25, 0.3) is 0 Å². The number of rotatable bonds is 2. The van der Waals surface area contributed by atoms with Crippen LogP contribution in [0.1, 0.15) is 22.7 Å². The van der Waals surface area contributed by atoms with E-state index in [2.05, 4.69) is 16.6 Å². The van der Waals surface area contributed by atoms with Crippen molar-refractivity contribution < 1.29 is 19.1 Å². The number of carbonyl (C=O) groups is 2. The normalized spacial score (nSPS) is 15.3. The van der Waals surface area contributed by atoms with Crippen LogP contribution in [-0.2, 0) is 27.3 Å². The van der Waals surface area contributed by atoms with E-state index in [0.717, 1.165) is 16.7 Å². The molecule has 1 aliphatic rings. The zero-order valence-electron chi connectivity index (χ0n) is 14.5. The van der Waals surface area contributed by atoms with Gasteiger partial charge in [0, 0.05) is 12.5 Å². The quantitative estimate of drug-likeness (QED) is 0.475. The molecule has 1 unspecified atom stereocenters. The number of benzene rings is 2. The maximum absolute atomic E-state index is 12.6. The molecule has 0 N–H and O–H groups in total. The van der Waals surface area contributed by atoms with Gasteiger partial charge >= 0.3 is 12.1 Å². The van der Waals surface area contributed by atoms with Crippen molar-refractivity contribution in [2.75, 3.05) is 13.7 Å². The smallest absolute Gasteiger partial charge is 0.411 e. The zero-order valence-corrected chi connectivity index (χ0v) is 14.5. The Balaban J connectivity index is 1.80. The molecule has 0 spiro atoms. The molecule has 0 aliphatic carbocycles.